The van der Waals surface area contributed by atoms with Crippen LogP contribution >= 0.6 is 0 Å². The fourth-order valence-corrected chi connectivity index (χ4v) is 6.30. The summed E-state index contributed by atoms with van der Waals surface area (Å²) in [6, 6.07) is 0. The maximum Gasteiger partial charge on any atom is 0.303 e. The van der Waals surface area contributed by atoms with E-state index in [2.05, 4.69) is 6.58 Å². The van der Waals surface area contributed by atoms with Gasteiger partial charge in [-0.15, -0.1) is 0 Å². The summed E-state index contributed by atoms with van der Waals surface area (Å²) in [6.07, 6.45) is 0.696. The highest BCUT2D eigenvalue weighted by Crippen LogP contribution is 2.61. The molecule has 2 aliphatic rings. The number of hydrogen-bond acceptors (Lipinski definition) is 9. The lowest BCUT2D eigenvalue weighted by Crippen LogP contribution is -2.63. The van der Waals surface area contributed by atoms with Gasteiger partial charge in [-0.25, -0.2) is 0 Å². The molecule has 0 aromatic rings. The van der Waals surface area contributed by atoms with E-state index in [1.165, 1.54) is 27.7 Å². The second kappa shape index (κ2) is 11.6. The van der Waals surface area contributed by atoms with Crippen LogP contribution in [0.4, 0.5) is 0 Å². The predicted octanol–water partition coefficient (Wildman–Crippen LogP) is 3.88. The molecule has 0 bridgehead atoms. The average molecular weight is 521 g/mol. The van der Waals surface area contributed by atoms with Crippen molar-refractivity contribution in [3.05, 3.63) is 23.8 Å². The Morgan fingerprint density at radius 3 is 2.08 bits per heavy atom. The van der Waals surface area contributed by atoms with E-state index in [0.29, 0.717) is 24.0 Å². The number of hydrogen-bond donors (Lipinski definition) is 0. The highest BCUT2D eigenvalue weighted by molar-refractivity contribution is 5.93. The number of ketones is 1. The second-order valence-corrected chi connectivity index (χ2v) is 11.0. The van der Waals surface area contributed by atoms with Crippen molar-refractivity contribution in [2.75, 3.05) is 6.61 Å². The minimum absolute atomic E-state index is 0.0239. The fraction of sp³-hybridized carbons (Fsp3) is 0.679. The van der Waals surface area contributed by atoms with Crippen LogP contribution in [0.1, 0.15) is 74.7 Å². The van der Waals surface area contributed by atoms with Crippen LogP contribution in [0.25, 0.3) is 0 Å². The van der Waals surface area contributed by atoms with Crippen LogP contribution in [-0.4, -0.2) is 54.6 Å². The molecular formula is C28H40O9. The maximum absolute atomic E-state index is 13.9. The Morgan fingerprint density at radius 1 is 0.973 bits per heavy atom. The van der Waals surface area contributed by atoms with Gasteiger partial charge in [0.2, 0.25) is 0 Å². The molecule has 2 fully saturated rings. The molecule has 9 heteroatoms. The van der Waals surface area contributed by atoms with E-state index in [1.54, 1.807) is 13.0 Å². The van der Waals surface area contributed by atoms with Gasteiger partial charge in [0.25, 0.3) is 0 Å². The summed E-state index contributed by atoms with van der Waals surface area (Å²) in [6.45, 7) is 17.0. The molecule has 0 amide bonds. The minimum Gasteiger partial charge on any atom is -0.462 e. The predicted molar refractivity (Wildman–Crippen MR) is 134 cm³/mol. The summed E-state index contributed by atoms with van der Waals surface area (Å²) >= 11 is 0. The van der Waals surface area contributed by atoms with E-state index in [-0.39, 0.29) is 24.7 Å². The Labute approximate surface area is 218 Å². The van der Waals surface area contributed by atoms with E-state index in [4.69, 9.17) is 18.9 Å². The van der Waals surface area contributed by atoms with Gasteiger partial charge in [-0.2, -0.15) is 0 Å². The summed E-state index contributed by atoms with van der Waals surface area (Å²) in [4.78, 5) is 60.9. The van der Waals surface area contributed by atoms with Crippen LogP contribution in [0.15, 0.2) is 23.8 Å². The molecule has 206 valence electrons. The molecular weight excluding hydrogens is 480 g/mol. The highest BCUT2D eigenvalue weighted by Gasteiger charge is 2.64. The number of carbonyl (C=O) groups is 5. The number of Topliss-reactive ketones (excluding diaryl/α,β-unsaturated/α-hetero) is 1. The van der Waals surface area contributed by atoms with Gasteiger partial charge in [0.05, 0.1) is 0 Å². The maximum atomic E-state index is 13.9. The van der Waals surface area contributed by atoms with Crippen molar-refractivity contribution in [3.63, 3.8) is 0 Å². The SMILES string of the molecule is C=C1C(OC(C)=O)C(=O)C2C(C)(C)C(OC(C)=O)CCC2(C)C1CC(OC(C)=O)C(C)=CCOC(C)=O. The zero-order chi connectivity index (χ0) is 28.3. The van der Waals surface area contributed by atoms with Crippen LogP contribution in [0, 0.1) is 22.7 Å². The van der Waals surface area contributed by atoms with Gasteiger partial charge in [0.15, 0.2) is 11.9 Å². The molecule has 9 nitrogen and oxygen atoms in total. The normalized spacial score (nSPS) is 30.0. The molecule has 37 heavy (non-hydrogen) atoms. The summed E-state index contributed by atoms with van der Waals surface area (Å²) in [7, 11) is 0. The number of rotatable bonds is 8. The Morgan fingerprint density at radius 2 is 1.57 bits per heavy atom. The molecule has 2 saturated carbocycles. The average Bonchev–Trinajstić information content (AvgIpc) is 2.74. The van der Waals surface area contributed by atoms with E-state index in [9.17, 15) is 24.0 Å². The monoisotopic (exact) mass is 520 g/mol. The number of ether oxygens (including phenoxy) is 4. The summed E-state index contributed by atoms with van der Waals surface area (Å²) < 4.78 is 21.8. The second-order valence-electron chi connectivity index (χ2n) is 11.0. The molecule has 0 aliphatic heterocycles. The number of fused-ring (bicyclic) bond motifs is 1. The highest BCUT2D eigenvalue weighted by atomic mass is 16.6. The first-order valence-electron chi connectivity index (χ1n) is 12.6. The first-order chi connectivity index (χ1) is 17.0. The lowest BCUT2D eigenvalue weighted by atomic mass is 9.45. The summed E-state index contributed by atoms with van der Waals surface area (Å²) in [5.74, 6) is -3.22. The van der Waals surface area contributed by atoms with E-state index in [0.717, 1.165) is 0 Å². The Bertz CT molecular complexity index is 992. The van der Waals surface area contributed by atoms with Gasteiger partial charge in [0.1, 0.15) is 18.8 Å². The molecule has 0 spiro atoms. The smallest absolute Gasteiger partial charge is 0.303 e. The molecule has 0 heterocycles. The van der Waals surface area contributed by atoms with Crippen molar-refractivity contribution in [1.82, 2.24) is 0 Å². The third kappa shape index (κ3) is 6.67. The molecule has 6 unspecified atom stereocenters. The van der Waals surface area contributed by atoms with Crippen molar-refractivity contribution < 1.29 is 42.9 Å². The van der Waals surface area contributed by atoms with Gasteiger partial charge >= 0.3 is 23.9 Å². The van der Waals surface area contributed by atoms with Crippen molar-refractivity contribution in [2.45, 2.75) is 93.0 Å². The molecule has 0 N–H and O–H groups in total. The standard InChI is InChI=1S/C28H40O9/c1-15(11-13-34-17(3)29)22(35-18(4)30)14-21-16(2)25(37-20(6)32)24(33)26-27(7,8)23(36-19(5)31)10-12-28(21,26)9/h11,21-23,25-26H,2,10,12-14H2,1,3-9H3. The van der Waals surface area contributed by atoms with Crippen molar-refractivity contribution in [3.8, 4) is 0 Å². The summed E-state index contributed by atoms with van der Waals surface area (Å²) in [5, 5.41) is 0. The third-order valence-corrected chi connectivity index (χ3v) is 7.85. The lowest BCUT2D eigenvalue weighted by molar-refractivity contribution is -0.188. The first-order valence-corrected chi connectivity index (χ1v) is 12.6. The van der Waals surface area contributed by atoms with Crippen molar-refractivity contribution in [2.24, 2.45) is 22.7 Å². The molecule has 2 rings (SSSR count). The lowest BCUT2D eigenvalue weighted by Gasteiger charge is -2.59. The van der Waals surface area contributed by atoms with Crippen LogP contribution in [-0.2, 0) is 42.9 Å². The Kier molecular flexibility index (Phi) is 9.49. The molecule has 6 atom stereocenters. The Balaban J connectivity index is 2.56. The zero-order valence-electron chi connectivity index (χ0n) is 23.2. The molecule has 0 aromatic heterocycles. The van der Waals surface area contributed by atoms with E-state index >= 15 is 0 Å². The first kappa shape index (κ1) is 30.3. The topological polar surface area (TPSA) is 122 Å². The molecule has 0 saturated heterocycles. The largest absolute Gasteiger partial charge is 0.462 e. The van der Waals surface area contributed by atoms with Gasteiger partial charge in [-0.1, -0.05) is 27.4 Å². The van der Waals surface area contributed by atoms with Crippen LogP contribution in [0.3, 0.4) is 0 Å². The van der Waals surface area contributed by atoms with Gasteiger partial charge in [-0.3, -0.25) is 24.0 Å². The van der Waals surface area contributed by atoms with Crippen LogP contribution in [0.5, 0.6) is 0 Å². The van der Waals surface area contributed by atoms with Crippen molar-refractivity contribution >= 4 is 29.7 Å². The van der Waals surface area contributed by atoms with Crippen LogP contribution in [0.2, 0.25) is 0 Å². The van der Waals surface area contributed by atoms with Crippen LogP contribution < -0.4 is 0 Å². The molecule has 2 aliphatic carbocycles. The fourth-order valence-electron chi connectivity index (χ4n) is 6.30. The molecule has 0 aromatic carbocycles. The van der Waals surface area contributed by atoms with Gasteiger partial charge in [0, 0.05) is 39.0 Å². The molecule has 0 radical (unpaired) electrons. The Hall–Kier alpha value is -2.97. The summed E-state index contributed by atoms with van der Waals surface area (Å²) in [5.41, 5.74) is -0.270. The third-order valence-electron chi connectivity index (χ3n) is 7.85. The zero-order valence-corrected chi connectivity index (χ0v) is 23.2. The number of carbonyl (C=O) groups excluding carboxylic acids is 5. The quantitative estimate of drug-likeness (QED) is 0.266. The number of esters is 4. The van der Waals surface area contributed by atoms with E-state index in [1.807, 2.05) is 20.8 Å². The minimum atomic E-state index is -1.17. The van der Waals surface area contributed by atoms with Gasteiger partial charge in [-0.05, 0) is 54.7 Å². The van der Waals surface area contributed by atoms with Crippen molar-refractivity contribution in [1.29, 1.82) is 0 Å². The van der Waals surface area contributed by atoms with Gasteiger partial charge < -0.3 is 18.9 Å². The van der Waals surface area contributed by atoms with E-state index < -0.39 is 58.9 Å².